The van der Waals surface area contributed by atoms with Gasteiger partial charge in [-0.1, -0.05) is 264 Å². The van der Waals surface area contributed by atoms with Crippen molar-refractivity contribution in [1.29, 1.82) is 0 Å². The predicted molar refractivity (Wildman–Crippen MR) is 284 cm³/mol. The third kappa shape index (κ3) is 51.1. The monoisotopic (exact) mass is 955 g/mol. The molecule has 0 bridgehead atoms. The van der Waals surface area contributed by atoms with Crippen LogP contribution in [0.1, 0.15) is 296 Å². The van der Waals surface area contributed by atoms with Gasteiger partial charge in [0, 0.05) is 6.42 Å². The number of hydrogen-bond acceptors (Lipinski definition) is 6. The van der Waals surface area contributed by atoms with Crippen molar-refractivity contribution < 1.29 is 32.9 Å². The molecule has 0 heterocycles. The summed E-state index contributed by atoms with van der Waals surface area (Å²) >= 11 is 0. The number of rotatable bonds is 54. The maximum absolute atomic E-state index is 13.0. The summed E-state index contributed by atoms with van der Waals surface area (Å²) in [5.74, 6) is -0.161. The predicted octanol–water partition coefficient (Wildman–Crippen LogP) is 16.8. The lowest BCUT2D eigenvalue weighted by atomic mass is 10.0. The molecule has 1 amide bonds. The Morgan fingerprint density at radius 3 is 1.18 bits per heavy atom. The largest absolute Gasteiger partial charge is 0.756 e. The van der Waals surface area contributed by atoms with Gasteiger partial charge in [0.2, 0.25) is 5.91 Å². The number of phosphoric acid groups is 1. The molecule has 3 atom stereocenters. The normalized spacial score (nSPS) is 14.0. The molecule has 0 aliphatic rings. The van der Waals surface area contributed by atoms with Gasteiger partial charge in [-0.3, -0.25) is 9.36 Å². The number of amides is 1. The second-order valence-corrected chi connectivity index (χ2v) is 22.8. The van der Waals surface area contributed by atoms with Crippen LogP contribution >= 0.6 is 7.82 Å². The van der Waals surface area contributed by atoms with Crippen molar-refractivity contribution in [2.24, 2.45) is 0 Å². The number of quaternary nitrogens is 1. The fraction of sp³-hybridized carbons (Fsp3) is 0.947. The molecule has 0 radical (unpaired) electrons. The number of aliphatic hydroxyl groups is 1. The van der Waals surface area contributed by atoms with Crippen molar-refractivity contribution in [1.82, 2.24) is 5.32 Å². The zero-order chi connectivity index (χ0) is 48.5. The number of nitrogens with one attached hydrogen (secondary N) is 1. The highest BCUT2D eigenvalue weighted by Gasteiger charge is 2.24. The molecule has 9 heteroatoms. The highest BCUT2D eigenvalue weighted by Crippen LogP contribution is 2.38. The summed E-state index contributed by atoms with van der Waals surface area (Å²) in [5, 5.41) is 14.0. The maximum Gasteiger partial charge on any atom is 0.268 e. The Kier molecular flexibility index (Phi) is 48.7. The van der Waals surface area contributed by atoms with Crippen LogP contribution in [0.15, 0.2) is 12.2 Å². The van der Waals surface area contributed by atoms with Gasteiger partial charge in [0.1, 0.15) is 13.2 Å². The van der Waals surface area contributed by atoms with Gasteiger partial charge in [0.15, 0.2) is 0 Å². The number of likely N-dealkylation sites (N-methyl/N-ethyl adjacent to an activating group) is 1. The van der Waals surface area contributed by atoms with E-state index in [9.17, 15) is 19.4 Å². The summed E-state index contributed by atoms with van der Waals surface area (Å²) < 4.78 is 23.4. The van der Waals surface area contributed by atoms with E-state index >= 15 is 0 Å². The summed E-state index contributed by atoms with van der Waals surface area (Å²) in [6, 6.07) is -0.799. The van der Waals surface area contributed by atoms with Gasteiger partial charge in [0.05, 0.1) is 39.9 Å². The fourth-order valence-electron chi connectivity index (χ4n) is 8.92. The summed E-state index contributed by atoms with van der Waals surface area (Å²) in [6.45, 7) is 4.77. The molecule has 0 saturated heterocycles. The first-order valence-corrected chi connectivity index (χ1v) is 30.5. The Morgan fingerprint density at radius 2 is 0.833 bits per heavy atom. The van der Waals surface area contributed by atoms with Crippen LogP contribution < -0.4 is 10.2 Å². The van der Waals surface area contributed by atoms with Crippen molar-refractivity contribution >= 4 is 13.7 Å². The van der Waals surface area contributed by atoms with E-state index in [1.807, 2.05) is 21.1 Å². The number of carbonyl (C=O) groups is 1. The lowest BCUT2D eigenvalue weighted by molar-refractivity contribution is -0.870. The molecule has 0 aromatic carbocycles. The van der Waals surface area contributed by atoms with Crippen LogP contribution in [0.5, 0.6) is 0 Å². The SMILES string of the molecule is CCCCCCCCCCCCCC/C=C\CCCCCCCCCCCC(=O)NC(COP(=O)([O-])OCC[N+](C)(C)C)C(O)CCCCCCCCCCCCCCCCCCCCC. The van der Waals surface area contributed by atoms with E-state index < -0.39 is 20.0 Å². The molecule has 0 aromatic rings. The lowest BCUT2D eigenvalue weighted by Gasteiger charge is -2.30. The standard InChI is InChI=1S/C57H115N2O6P/c1-6-8-10-12-14-16-18-20-22-24-26-27-28-29-30-31-33-35-37-39-41-43-45-47-49-51-57(61)58-55(54-65-66(62,63)64-53-52-59(3,4)5)56(60)50-48-46-44-42-40-38-36-34-32-25-23-21-19-17-15-13-11-9-7-2/h29-30,55-56,60H,6-28,31-54H2,1-5H3,(H-,58,61,62,63)/b30-29-. The van der Waals surface area contributed by atoms with Gasteiger partial charge in [-0.2, -0.15) is 0 Å². The van der Waals surface area contributed by atoms with E-state index in [0.717, 1.165) is 38.5 Å². The molecule has 66 heavy (non-hydrogen) atoms. The smallest absolute Gasteiger partial charge is 0.268 e. The Hall–Kier alpha value is -0.760. The molecule has 0 aromatic heterocycles. The highest BCUT2D eigenvalue weighted by molar-refractivity contribution is 7.45. The van der Waals surface area contributed by atoms with Crippen LogP contribution in [0.2, 0.25) is 0 Å². The number of unbranched alkanes of at least 4 members (excludes halogenated alkanes) is 39. The van der Waals surface area contributed by atoms with Crippen molar-refractivity contribution in [3.05, 3.63) is 12.2 Å². The third-order valence-electron chi connectivity index (χ3n) is 13.5. The molecule has 8 nitrogen and oxygen atoms in total. The number of carbonyl (C=O) groups excluding carboxylic acids is 1. The van der Waals surface area contributed by atoms with Gasteiger partial charge in [0.25, 0.3) is 7.82 Å². The Balaban J connectivity index is 4.14. The van der Waals surface area contributed by atoms with Crippen LogP contribution in [-0.2, 0) is 18.4 Å². The minimum Gasteiger partial charge on any atom is -0.756 e. The number of hydrogen-bond donors (Lipinski definition) is 2. The fourth-order valence-corrected chi connectivity index (χ4v) is 9.64. The van der Waals surface area contributed by atoms with Crippen molar-refractivity contribution in [2.75, 3.05) is 40.9 Å². The van der Waals surface area contributed by atoms with E-state index in [1.54, 1.807) is 0 Å². The molecule has 0 aliphatic heterocycles. The van der Waals surface area contributed by atoms with Crippen LogP contribution in [0, 0.1) is 0 Å². The molecule has 0 rings (SSSR count). The van der Waals surface area contributed by atoms with Gasteiger partial charge >= 0.3 is 0 Å². The van der Waals surface area contributed by atoms with Gasteiger partial charge < -0.3 is 28.8 Å². The molecule has 0 fully saturated rings. The minimum atomic E-state index is -4.57. The summed E-state index contributed by atoms with van der Waals surface area (Å²) in [7, 11) is 1.32. The Labute approximate surface area is 412 Å². The van der Waals surface area contributed by atoms with E-state index in [2.05, 4.69) is 31.3 Å². The average molecular weight is 956 g/mol. The van der Waals surface area contributed by atoms with E-state index in [1.165, 1.54) is 231 Å². The third-order valence-corrected chi connectivity index (χ3v) is 14.5. The first kappa shape index (κ1) is 65.2. The first-order valence-electron chi connectivity index (χ1n) is 29.0. The van der Waals surface area contributed by atoms with E-state index in [0.29, 0.717) is 23.9 Å². The van der Waals surface area contributed by atoms with Crippen LogP contribution in [0.3, 0.4) is 0 Å². The summed E-state index contributed by atoms with van der Waals surface area (Å²) in [6.07, 6.45) is 59.5. The molecule has 394 valence electrons. The topological polar surface area (TPSA) is 108 Å². The Bertz CT molecular complexity index is 1080. The lowest BCUT2D eigenvalue weighted by Crippen LogP contribution is -2.46. The number of aliphatic hydroxyl groups excluding tert-OH is 1. The number of allylic oxidation sites excluding steroid dienone is 2. The summed E-state index contributed by atoms with van der Waals surface area (Å²) in [4.78, 5) is 25.5. The minimum absolute atomic E-state index is 0.0143. The van der Waals surface area contributed by atoms with Gasteiger partial charge in [-0.05, 0) is 38.5 Å². The zero-order valence-corrected chi connectivity index (χ0v) is 45.8. The highest BCUT2D eigenvalue weighted by atomic mass is 31.2. The molecule has 3 unspecified atom stereocenters. The molecule has 2 N–H and O–H groups in total. The van der Waals surface area contributed by atoms with E-state index in [4.69, 9.17) is 9.05 Å². The average Bonchev–Trinajstić information content (AvgIpc) is 3.28. The van der Waals surface area contributed by atoms with Crippen molar-refractivity contribution in [2.45, 2.75) is 309 Å². The number of nitrogens with zero attached hydrogens (tertiary/aromatic N) is 1. The molecule has 0 aliphatic carbocycles. The molecular formula is C57H115N2O6P. The van der Waals surface area contributed by atoms with Crippen LogP contribution in [-0.4, -0.2) is 68.5 Å². The second-order valence-electron chi connectivity index (χ2n) is 21.4. The molecular weight excluding hydrogens is 840 g/mol. The second kappa shape index (κ2) is 49.2. The van der Waals surface area contributed by atoms with Gasteiger partial charge in [-0.15, -0.1) is 0 Å². The number of phosphoric ester groups is 1. The Morgan fingerprint density at radius 1 is 0.515 bits per heavy atom. The van der Waals surface area contributed by atoms with Gasteiger partial charge in [-0.25, -0.2) is 0 Å². The molecule has 0 saturated carbocycles. The van der Waals surface area contributed by atoms with Crippen molar-refractivity contribution in [3.8, 4) is 0 Å². The first-order chi connectivity index (χ1) is 32.0. The van der Waals surface area contributed by atoms with Crippen LogP contribution in [0.4, 0.5) is 0 Å². The molecule has 0 spiro atoms. The quantitative estimate of drug-likeness (QED) is 0.0272. The van der Waals surface area contributed by atoms with Crippen molar-refractivity contribution in [3.63, 3.8) is 0 Å². The zero-order valence-electron chi connectivity index (χ0n) is 44.9. The summed E-state index contributed by atoms with van der Waals surface area (Å²) in [5.41, 5.74) is 0. The van der Waals surface area contributed by atoms with Crippen LogP contribution in [0.25, 0.3) is 0 Å². The maximum atomic E-state index is 13.0. The van der Waals surface area contributed by atoms with E-state index in [-0.39, 0.29) is 19.1 Å².